The van der Waals surface area contributed by atoms with Gasteiger partial charge >= 0.3 is 0 Å². The van der Waals surface area contributed by atoms with E-state index in [4.69, 9.17) is 10.4 Å². The number of nitriles is 1. The molecule has 98 valence electrons. The van der Waals surface area contributed by atoms with Crippen LogP contribution in [0.5, 0.6) is 0 Å². The number of aliphatic hydroxyl groups excluding tert-OH is 1. The number of benzene rings is 1. The highest BCUT2D eigenvalue weighted by Crippen LogP contribution is 2.21. The summed E-state index contributed by atoms with van der Waals surface area (Å²) in [7, 11) is 0. The molecular formula is C12H11N3O4. The summed E-state index contributed by atoms with van der Waals surface area (Å²) >= 11 is 0. The summed E-state index contributed by atoms with van der Waals surface area (Å²) in [5.74, 6) is -1.16. The lowest BCUT2D eigenvalue weighted by Crippen LogP contribution is -2.15. The van der Waals surface area contributed by atoms with Crippen molar-refractivity contribution < 1.29 is 14.8 Å². The molecule has 0 saturated carbocycles. The fourth-order valence-corrected chi connectivity index (χ4v) is 1.43. The summed E-state index contributed by atoms with van der Waals surface area (Å²) in [6.45, 7) is 2.76. The van der Waals surface area contributed by atoms with Crippen molar-refractivity contribution in [1.29, 1.82) is 5.26 Å². The average molecular weight is 261 g/mol. The fourth-order valence-electron chi connectivity index (χ4n) is 1.43. The molecule has 19 heavy (non-hydrogen) atoms. The van der Waals surface area contributed by atoms with Gasteiger partial charge in [-0.1, -0.05) is 0 Å². The SMILES string of the molecule is C/C(O)=C(/C#N)C(=O)Nc1ccc([N+](=O)[O-])c(C)c1. The molecule has 0 spiro atoms. The van der Waals surface area contributed by atoms with E-state index in [2.05, 4.69) is 5.32 Å². The minimum atomic E-state index is -0.768. The summed E-state index contributed by atoms with van der Waals surface area (Å²) in [4.78, 5) is 21.7. The minimum Gasteiger partial charge on any atom is -0.511 e. The quantitative estimate of drug-likeness (QED) is 0.284. The molecule has 0 heterocycles. The lowest BCUT2D eigenvalue weighted by atomic mass is 10.1. The second-order valence-corrected chi connectivity index (χ2v) is 3.78. The Hall–Kier alpha value is -2.88. The molecule has 1 aromatic rings. The Morgan fingerprint density at radius 1 is 1.53 bits per heavy atom. The lowest BCUT2D eigenvalue weighted by molar-refractivity contribution is -0.385. The van der Waals surface area contributed by atoms with Gasteiger partial charge in [0.2, 0.25) is 0 Å². The van der Waals surface area contributed by atoms with Crippen LogP contribution in [0.25, 0.3) is 0 Å². The van der Waals surface area contributed by atoms with Crippen molar-refractivity contribution in [2.24, 2.45) is 0 Å². The number of nitrogens with zero attached hydrogens (tertiary/aromatic N) is 2. The van der Waals surface area contributed by atoms with Crippen molar-refractivity contribution in [3.8, 4) is 6.07 Å². The van der Waals surface area contributed by atoms with E-state index in [1.807, 2.05) is 0 Å². The third kappa shape index (κ3) is 3.29. The number of carbonyl (C=O) groups excluding carboxylic acids is 1. The van der Waals surface area contributed by atoms with Crippen LogP contribution in [0.2, 0.25) is 0 Å². The van der Waals surface area contributed by atoms with Gasteiger partial charge in [-0.25, -0.2) is 0 Å². The van der Waals surface area contributed by atoms with Gasteiger partial charge in [0.25, 0.3) is 11.6 Å². The van der Waals surface area contributed by atoms with Crippen molar-refractivity contribution in [1.82, 2.24) is 0 Å². The van der Waals surface area contributed by atoms with E-state index in [-0.39, 0.29) is 5.69 Å². The van der Waals surface area contributed by atoms with Crippen molar-refractivity contribution in [3.63, 3.8) is 0 Å². The van der Waals surface area contributed by atoms with Crippen LogP contribution in [0.3, 0.4) is 0 Å². The highest BCUT2D eigenvalue weighted by molar-refractivity contribution is 6.06. The maximum Gasteiger partial charge on any atom is 0.272 e. The number of aryl methyl sites for hydroxylation is 1. The number of aliphatic hydroxyl groups is 1. The summed E-state index contributed by atoms with van der Waals surface area (Å²) in [6.07, 6.45) is 0. The van der Waals surface area contributed by atoms with Gasteiger partial charge < -0.3 is 10.4 Å². The maximum absolute atomic E-state index is 11.6. The third-order valence-electron chi connectivity index (χ3n) is 2.35. The molecule has 0 aromatic heterocycles. The maximum atomic E-state index is 11.6. The first-order valence-electron chi connectivity index (χ1n) is 5.23. The van der Waals surface area contributed by atoms with Crippen molar-refractivity contribution in [2.45, 2.75) is 13.8 Å². The molecule has 0 radical (unpaired) electrons. The number of hydrogen-bond donors (Lipinski definition) is 2. The zero-order chi connectivity index (χ0) is 14.6. The Kier molecular flexibility index (Phi) is 4.21. The van der Waals surface area contributed by atoms with E-state index < -0.39 is 22.2 Å². The van der Waals surface area contributed by atoms with Crippen LogP contribution >= 0.6 is 0 Å². The molecule has 2 N–H and O–H groups in total. The van der Waals surface area contributed by atoms with Gasteiger partial charge in [-0.2, -0.15) is 5.26 Å². The standard InChI is InChI=1S/C12H11N3O4/c1-7-5-9(3-4-11(7)15(18)19)14-12(17)10(6-13)8(2)16/h3-5,16H,1-2H3,(H,14,17)/b10-8+. The smallest absolute Gasteiger partial charge is 0.272 e. The Bertz CT molecular complexity index is 610. The van der Waals surface area contributed by atoms with Gasteiger partial charge in [-0.3, -0.25) is 14.9 Å². The molecule has 7 nitrogen and oxygen atoms in total. The van der Waals surface area contributed by atoms with Crippen molar-refractivity contribution in [2.75, 3.05) is 5.32 Å². The largest absolute Gasteiger partial charge is 0.511 e. The van der Waals surface area contributed by atoms with Gasteiger partial charge in [-0.15, -0.1) is 0 Å². The number of allylic oxidation sites excluding steroid dienone is 1. The number of rotatable bonds is 3. The van der Waals surface area contributed by atoms with Crippen LogP contribution < -0.4 is 5.32 Å². The Balaban J connectivity index is 3.00. The van der Waals surface area contributed by atoms with Crippen LogP contribution in [-0.4, -0.2) is 15.9 Å². The first-order chi connectivity index (χ1) is 8.86. The molecule has 0 fully saturated rings. The molecule has 0 aliphatic carbocycles. The van der Waals surface area contributed by atoms with Crippen LogP contribution in [0.4, 0.5) is 11.4 Å². The molecule has 0 saturated heterocycles. The molecule has 1 aromatic carbocycles. The molecule has 0 atom stereocenters. The zero-order valence-corrected chi connectivity index (χ0v) is 10.3. The van der Waals surface area contributed by atoms with E-state index in [1.165, 1.54) is 32.0 Å². The molecule has 0 aliphatic heterocycles. The highest BCUT2D eigenvalue weighted by Gasteiger charge is 2.15. The van der Waals surface area contributed by atoms with Crippen LogP contribution in [0.1, 0.15) is 12.5 Å². The summed E-state index contributed by atoms with van der Waals surface area (Å²) in [5, 5.41) is 30.9. The van der Waals surface area contributed by atoms with Gasteiger partial charge in [0, 0.05) is 17.3 Å². The number of hydrogen-bond acceptors (Lipinski definition) is 5. The number of nitro benzene ring substituents is 1. The zero-order valence-electron chi connectivity index (χ0n) is 10.3. The van der Waals surface area contributed by atoms with E-state index in [0.717, 1.165) is 0 Å². The highest BCUT2D eigenvalue weighted by atomic mass is 16.6. The number of amides is 1. The molecule has 1 rings (SSSR count). The first-order valence-corrected chi connectivity index (χ1v) is 5.23. The second kappa shape index (κ2) is 5.64. The third-order valence-corrected chi connectivity index (χ3v) is 2.35. The monoisotopic (exact) mass is 261 g/mol. The Labute approximate surface area is 108 Å². The van der Waals surface area contributed by atoms with Crippen LogP contribution in [0.15, 0.2) is 29.5 Å². The van der Waals surface area contributed by atoms with Crippen LogP contribution in [-0.2, 0) is 4.79 Å². The lowest BCUT2D eigenvalue weighted by Gasteiger charge is -2.06. The Morgan fingerprint density at radius 2 is 2.16 bits per heavy atom. The average Bonchev–Trinajstić information content (AvgIpc) is 2.28. The van der Waals surface area contributed by atoms with Crippen molar-refractivity contribution >= 4 is 17.3 Å². The molecular weight excluding hydrogens is 250 g/mol. The number of nitrogens with one attached hydrogen (secondary N) is 1. The number of nitro groups is 1. The summed E-state index contributed by atoms with van der Waals surface area (Å²) < 4.78 is 0. The van der Waals surface area contributed by atoms with Gasteiger partial charge in [0.1, 0.15) is 11.8 Å². The number of carbonyl (C=O) groups is 1. The predicted octanol–water partition coefficient (Wildman–Crippen LogP) is 2.20. The normalized spacial score (nSPS) is 11.2. The molecule has 7 heteroatoms. The van der Waals surface area contributed by atoms with Crippen molar-refractivity contribution in [3.05, 3.63) is 45.2 Å². The molecule has 0 bridgehead atoms. The minimum absolute atomic E-state index is 0.0626. The molecule has 0 unspecified atom stereocenters. The Morgan fingerprint density at radius 3 is 2.58 bits per heavy atom. The van der Waals surface area contributed by atoms with Gasteiger partial charge in [-0.05, 0) is 26.0 Å². The fraction of sp³-hybridized carbons (Fsp3) is 0.167. The topological polar surface area (TPSA) is 116 Å². The summed E-state index contributed by atoms with van der Waals surface area (Å²) in [6, 6.07) is 5.60. The van der Waals surface area contributed by atoms with E-state index >= 15 is 0 Å². The van der Waals surface area contributed by atoms with Gasteiger partial charge in [0.15, 0.2) is 5.57 Å². The second-order valence-electron chi connectivity index (χ2n) is 3.78. The summed E-state index contributed by atoms with van der Waals surface area (Å²) in [5.41, 5.74) is 0.219. The van der Waals surface area contributed by atoms with Gasteiger partial charge in [0.05, 0.1) is 4.92 Å². The van der Waals surface area contributed by atoms with E-state index in [0.29, 0.717) is 11.3 Å². The van der Waals surface area contributed by atoms with E-state index in [1.54, 1.807) is 6.07 Å². The molecule has 0 aliphatic rings. The number of anilines is 1. The van der Waals surface area contributed by atoms with Crippen LogP contribution in [0, 0.1) is 28.4 Å². The molecule has 1 amide bonds. The predicted molar refractivity (Wildman–Crippen MR) is 67.4 cm³/mol. The first kappa shape index (κ1) is 14.2. The van der Waals surface area contributed by atoms with E-state index in [9.17, 15) is 14.9 Å².